The highest BCUT2D eigenvalue weighted by atomic mass is 32.2. The molecule has 1 fully saturated rings. The first-order valence-corrected chi connectivity index (χ1v) is 8.06. The van der Waals surface area contributed by atoms with E-state index in [1.165, 1.54) is 0 Å². The molecule has 2 N–H and O–H groups in total. The molecule has 0 spiro atoms. The first-order chi connectivity index (χ1) is 9.08. The van der Waals surface area contributed by atoms with E-state index < -0.39 is 9.84 Å². The van der Waals surface area contributed by atoms with Crippen LogP contribution >= 0.6 is 0 Å². The summed E-state index contributed by atoms with van der Waals surface area (Å²) >= 11 is 0. The molecule has 0 radical (unpaired) electrons. The second kappa shape index (κ2) is 4.57. The van der Waals surface area contributed by atoms with Gasteiger partial charge in [-0.1, -0.05) is 6.07 Å². The van der Waals surface area contributed by atoms with Crippen LogP contribution in [-0.2, 0) is 22.8 Å². The van der Waals surface area contributed by atoms with Crippen LogP contribution in [0.15, 0.2) is 18.3 Å². The van der Waals surface area contributed by atoms with Gasteiger partial charge in [0.15, 0.2) is 21.3 Å². The predicted octanol–water partition coefficient (Wildman–Crippen LogP) is 0.308. The normalized spacial score (nSPS) is 22.1. The number of hydrogen-bond acceptors (Lipinski definition) is 5. The van der Waals surface area contributed by atoms with Gasteiger partial charge in [0.1, 0.15) is 0 Å². The Labute approximate surface area is 111 Å². The third kappa shape index (κ3) is 2.35. The second-order valence-electron chi connectivity index (χ2n) is 4.91. The summed E-state index contributed by atoms with van der Waals surface area (Å²) in [6.45, 7) is 0.447. The Hall–Kier alpha value is -1.47. The molecule has 1 unspecified atom stereocenters. The number of nitrogens with two attached hydrogens (primary N) is 1. The van der Waals surface area contributed by atoms with Crippen molar-refractivity contribution in [3.63, 3.8) is 0 Å². The van der Waals surface area contributed by atoms with Crippen molar-refractivity contribution < 1.29 is 8.42 Å². The van der Waals surface area contributed by atoms with Crippen molar-refractivity contribution in [2.75, 3.05) is 5.75 Å². The van der Waals surface area contributed by atoms with E-state index in [2.05, 4.69) is 10.1 Å². The Kier molecular flexibility index (Phi) is 3.02. The number of rotatable bonds is 3. The summed E-state index contributed by atoms with van der Waals surface area (Å²) < 4.78 is 25.3. The van der Waals surface area contributed by atoms with Gasteiger partial charge in [-0.05, 0) is 24.5 Å². The van der Waals surface area contributed by atoms with Crippen molar-refractivity contribution >= 4 is 15.5 Å². The third-order valence-electron chi connectivity index (χ3n) is 3.54. The Morgan fingerprint density at radius 1 is 1.42 bits per heavy atom. The maximum atomic E-state index is 11.8. The minimum Gasteiger partial charge on any atom is -0.326 e. The summed E-state index contributed by atoms with van der Waals surface area (Å²) in [5.74, 6) is 0.882. The molecule has 0 saturated carbocycles. The molecular weight excluding hydrogens is 264 g/mol. The lowest BCUT2D eigenvalue weighted by Gasteiger charge is -2.04. The zero-order valence-corrected chi connectivity index (χ0v) is 11.3. The van der Waals surface area contributed by atoms with Crippen molar-refractivity contribution in [1.82, 2.24) is 14.6 Å². The Morgan fingerprint density at radius 3 is 2.95 bits per heavy atom. The molecule has 6 nitrogen and oxygen atoms in total. The maximum absolute atomic E-state index is 11.8. The molecule has 0 amide bonds. The second-order valence-corrected chi connectivity index (χ2v) is 7.31. The molecule has 0 aromatic carbocycles. The zero-order chi connectivity index (χ0) is 13.5. The number of pyridine rings is 1. The van der Waals surface area contributed by atoms with Crippen molar-refractivity contribution in [2.24, 2.45) is 5.73 Å². The first-order valence-electron chi connectivity index (χ1n) is 6.34. The lowest BCUT2D eigenvalue weighted by Crippen LogP contribution is -2.19. The molecule has 0 bridgehead atoms. The number of sulfone groups is 1. The fraction of sp³-hybridized carbons (Fsp3) is 0.500. The smallest absolute Gasteiger partial charge is 0.155 e. The van der Waals surface area contributed by atoms with Crippen molar-refractivity contribution in [3.05, 3.63) is 29.7 Å². The maximum Gasteiger partial charge on any atom is 0.155 e. The van der Waals surface area contributed by atoms with Gasteiger partial charge in [-0.25, -0.2) is 17.9 Å². The minimum absolute atomic E-state index is 0.294. The standard InChI is InChI=1S/C12H16N4O2S/c13-7-9-3-4-12-14-11(15-16(12)8-9)6-10-2-1-5-19(10,17)18/h3-4,8,10H,1-2,5-7,13H2. The fourth-order valence-electron chi connectivity index (χ4n) is 2.47. The SMILES string of the molecule is NCc1ccc2nc(CC3CCCS3(=O)=O)nn2c1. The molecular formula is C12H16N4O2S. The van der Waals surface area contributed by atoms with Gasteiger partial charge in [0.05, 0.1) is 11.0 Å². The lowest BCUT2D eigenvalue weighted by atomic mass is 10.2. The van der Waals surface area contributed by atoms with Crippen molar-refractivity contribution in [3.8, 4) is 0 Å². The Balaban J connectivity index is 1.89. The van der Waals surface area contributed by atoms with Gasteiger partial charge in [-0.2, -0.15) is 5.10 Å². The van der Waals surface area contributed by atoms with Gasteiger partial charge in [-0.3, -0.25) is 0 Å². The topological polar surface area (TPSA) is 90.3 Å². The first kappa shape index (κ1) is 12.6. The van der Waals surface area contributed by atoms with Gasteiger partial charge in [0.25, 0.3) is 0 Å². The predicted molar refractivity (Wildman–Crippen MR) is 71.4 cm³/mol. The highest BCUT2D eigenvalue weighted by Crippen LogP contribution is 2.22. The van der Waals surface area contributed by atoms with E-state index in [1.807, 2.05) is 18.3 Å². The fourth-order valence-corrected chi connectivity index (χ4v) is 4.30. The van der Waals surface area contributed by atoms with Crippen molar-refractivity contribution in [1.29, 1.82) is 0 Å². The molecule has 2 aromatic heterocycles. The molecule has 3 heterocycles. The zero-order valence-electron chi connectivity index (χ0n) is 10.5. The largest absolute Gasteiger partial charge is 0.326 e. The van der Waals surface area contributed by atoms with Crippen LogP contribution in [0.25, 0.3) is 5.65 Å². The van der Waals surface area contributed by atoms with E-state index in [0.29, 0.717) is 31.0 Å². The van der Waals surface area contributed by atoms with Gasteiger partial charge in [-0.15, -0.1) is 0 Å². The number of hydrogen-bond donors (Lipinski definition) is 1. The molecule has 1 saturated heterocycles. The van der Waals surface area contributed by atoms with Crippen LogP contribution < -0.4 is 5.73 Å². The summed E-state index contributed by atoms with van der Waals surface area (Å²) in [6, 6.07) is 3.75. The van der Waals surface area contributed by atoms with Gasteiger partial charge >= 0.3 is 0 Å². The molecule has 19 heavy (non-hydrogen) atoms. The van der Waals surface area contributed by atoms with Crippen LogP contribution in [0.2, 0.25) is 0 Å². The summed E-state index contributed by atoms with van der Waals surface area (Å²) in [5.41, 5.74) is 7.27. The molecule has 2 aromatic rings. The number of nitrogens with zero attached hydrogens (tertiary/aromatic N) is 3. The summed E-state index contributed by atoms with van der Waals surface area (Å²) in [4.78, 5) is 4.36. The average Bonchev–Trinajstić information content (AvgIpc) is 2.92. The van der Waals surface area contributed by atoms with Crippen LogP contribution in [-0.4, -0.2) is 34.0 Å². The molecule has 0 aliphatic carbocycles. The van der Waals surface area contributed by atoms with E-state index in [4.69, 9.17) is 5.73 Å². The van der Waals surface area contributed by atoms with Crippen LogP contribution in [0.4, 0.5) is 0 Å². The molecule has 102 valence electrons. The molecule has 1 aliphatic rings. The highest BCUT2D eigenvalue weighted by Gasteiger charge is 2.32. The van der Waals surface area contributed by atoms with Crippen molar-refractivity contribution in [2.45, 2.75) is 31.1 Å². The van der Waals surface area contributed by atoms with E-state index in [-0.39, 0.29) is 5.25 Å². The molecule has 1 aliphatic heterocycles. The van der Waals surface area contributed by atoms with E-state index in [1.54, 1.807) is 4.52 Å². The molecule has 7 heteroatoms. The monoisotopic (exact) mass is 280 g/mol. The van der Waals surface area contributed by atoms with Crippen LogP contribution in [0.3, 0.4) is 0 Å². The summed E-state index contributed by atoms with van der Waals surface area (Å²) in [6.07, 6.45) is 3.70. The van der Waals surface area contributed by atoms with Crippen LogP contribution in [0.1, 0.15) is 24.2 Å². The highest BCUT2D eigenvalue weighted by molar-refractivity contribution is 7.92. The van der Waals surface area contributed by atoms with E-state index >= 15 is 0 Å². The Bertz CT molecular complexity index is 708. The van der Waals surface area contributed by atoms with Crippen LogP contribution in [0.5, 0.6) is 0 Å². The lowest BCUT2D eigenvalue weighted by molar-refractivity contribution is 0.586. The molecule has 3 rings (SSSR count). The van der Waals surface area contributed by atoms with Gasteiger partial charge < -0.3 is 5.73 Å². The van der Waals surface area contributed by atoms with Gasteiger partial charge in [0, 0.05) is 19.2 Å². The van der Waals surface area contributed by atoms with E-state index in [0.717, 1.165) is 17.6 Å². The van der Waals surface area contributed by atoms with Crippen LogP contribution in [0, 0.1) is 0 Å². The minimum atomic E-state index is -2.94. The Morgan fingerprint density at radius 2 is 2.26 bits per heavy atom. The van der Waals surface area contributed by atoms with E-state index in [9.17, 15) is 8.42 Å². The summed E-state index contributed by atoms with van der Waals surface area (Å²) in [7, 11) is -2.94. The number of fused-ring (bicyclic) bond motifs is 1. The number of aromatic nitrogens is 3. The average molecular weight is 280 g/mol. The molecule has 1 atom stereocenters. The van der Waals surface area contributed by atoms with Gasteiger partial charge in [0.2, 0.25) is 0 Å². The summed E-state index contributed by atoms with van der Waals surface area (Å²) in [5, 5.41) is 4.02. The quantitative estimate of drug-likeness (QED) is 0.873. The third-order valence-corrected chi connectivity index (χ3v) is 5.82.